The van der Waals surface area contributed by atoms with Crippen LogP contribution in [0.1, 0.15) is 52.1 Å². The van der Waals surface area contributed by atoms with Crippen molar-refractivity contribution >= 4 is 5.97 Å². The first kappa shape index (κ1) is 17.3. The van der Waals surface area contributed by atoms with Crippen LogP contribution in [0.5, 0.6) is 11.5 Å². The van der Waals surface area contributed by atoms with Crippen LogP contribution >= 0.6 is 0 Å². The van der Waals surface area contributed by atoms with Crippen LogP contribution in [0.2, 0.25) is 0 Å². The fraction of sp³-hybridized carbons (Fsp3) is 0.625. The van der Waals surface area contributed by atoms with Crippen molar-refractivity contribution in [3.63, 3.8) is 0 Å². The zero-order valence-electron chi connectivity index (χ0n) is 13.2. The number of unbranched alkanes of at least 4 members (excludes halogenated alkanes) is 2. The van der Waals surface area contributed by atoms with Gasteiger partial charge in [0, 0.05) is 13.0 Å². The van der Waals surface area contributed by atoms with Gasteiger partial charge in [-0.15, -0.1) is 0 Å². The van der Waals surface area contributed by atoms with Crippen LogP contribution < -0.4 is 9.47 Å². The van der Waals surface area contributed by atoms with Crippen molar-refractivity contribution in [2.75, 3.05) is 13.2 Å². The van der Waals surface area contributed by atoms with E-state index in [-0.39, 0.29) is 12.6 Å². The Hall–Kier alpha value is -1.78. The van der Waals surface area contributed by atoms with E-state index >= 15 is 0 Å². The Morgan fingerprint density at radius 2 is 1.71 bits per heavy atom. The Balaban J connectivity index is 2.72. The summed E-state index contributed by atoms with van der Waals surface area (Å²) in [6, 6.07) is 1.78. The van der Waals surface area contributed by atoms with E-state index in [4.69, 9.17) is 14.2 Å². The zero-order valence-corrected chi connectivity index (χ0v) is 13.2. The molecule has 0 saturated carbocycles. The van der Waals surface area contributed by atoms with Gasteiger partial charge in [-0.1, -0.05) is 26.7 Å². The molecule has 1 aromatic rings. The molecule has 0 aliphatic carbocycles. The number of hydrogen-bond acceptors (Lipinski definition) is 5. The molecular weight excluding hydrogens is 270 g/mol. The SMILES string of the molecule is CCCCOc1cnc(COC(C)=O)cc1OCCCC. The molecular formula is C16H25NO4. The summed E-state index contributed by atoms with van der Waals surface area (Å²) in [4.78, 5) is 15.1. The third-order valence-electron chi connectivity index (χ3n) is 2.82. The third-order valence-corrected chi connectivity index (χ3v) is 2.82. The number of hydrogen-bond donors (Lipinski definition) is 0. The summed E-state index contributed by atoms with van der Waals surface area (Å²) < 4.78 is 16.4. The summed E-state index contributed by atoms with van der Waals surface area (Å²) in [5.41, 5.74) is 0.652. The fourth-order valence-electron chi connectivity index (χ4n) is 1.59. The monoisotopic (exact) mass is 295 g/mol. The Kier molecular flexibility index (Phi) is 8.24. The van der Waals surface area contributed by atoms with Gasteiger partial charge in [0.1, 0.15) is 6.61 Å². The summed E-state index contributed by atoms with van der Waals surface area (Å²) in [6.07, 6.45) is 5.75. The molecule has 0 radical (unpaired) electrons. The smallest absolute Gasteiger partial charge is 0.303 e. The number of aromatic nitrogens is 1. The highest BCUT2D eigenvalue weighted by Crippen LogP contribution is 2.27. The van der Waals surface area contributed by atoms with E-state index in [0.717, 1.165) is 25.7 Å². The van der Waals surface area contributed by atoms with Gasteiger partial charge in [-0.2, -0.15) is 0 Å². The minimum absolute atomic E-state index is 0.148. The summed E-state index contributed by atoms with van der Waals surface area (Å²) >= 11 is 0. The van der Waals surface area contributed by atoms with Crippen LogP contribution in [0.3, 0.4) is 0 Å². The highest BCUT2D eigenvalue weighted by atomic mass is 16.5. The highest BCUT2D eigenvalue weighted by molar-refractivity contribution is 5.65. The average Bonchev–Trinajstić information content (AvgIpc) is 2.47. The second-order valence-electron chi connectivity index (χ2n) is 4.81. The molecule has 118 valence electrons. The predicted octanol–water partition coefficient (Wildman–Crippen LogP) is 3.50. The lowest BCUT2D eigenvalue weighted by Gasteiger charge is -2.13. The van der Waals surface area contributed by atoms with Crippen LogP contribution in [-0.4, -0.2) is 24.2 Å². The first-order valence-electron chi connectivity index (χ1n) is 7.55. The van der Waals surface area contributed by atoms with E-state index < -0.39 is 0 Å². The lowest BCUT2D eigenvalue weighted by Crippen LogP contribution is -2.05. The van der Waals surface area contributed by atoms with Gasteiger partial charge in [0.25, 0.3) is 0 Å². The Bertz CT molecular complexity index is 434. The molecule has 0 bridgehead atoms. The number of ether oxygens (including phenoxy) is 3. The molecule has 0 amide bonds. The normalized spacial score (nSPS) is 10.2. The van der Waals surface area contributed by atoms with E-state index in [1.54, 1.807) is 12.3 Å². The molecule has 0 aliphatic rings. The molecule has 0 aromatic carbocycles. The van der Waals surface area contributed by atoms with Crippen LogP contribution in [0.25, 0.3) is 0 Å². The largest absolute Gasteiger partial charge is 0.490 e. The zero-order chi connectivity index (χ0) is 15.5. The lowest BCUT2D eigenvalue weighted by molar-refractivity contribution is -0.142. The Morgan fingerprint density at radius 1 is 1.10 bits per heavy atom. The third kappa shape index (κ3) is 6.97. The van der Waals surface area contributed by atoms with Gasteiger partial charge < -0.3 is 14.2 Å². The van der Waals surface area contributed by atoms with Crippen molar-refractivity contribution < 1.29 is 19.0 Å². The van der Waals surface area contributed by atoms with Crippen molar-refractivity contribution in [2.24, 2.45) is 0 Å². The van der Waals surface area contributed by atoms with Gasteiger partial charge in [-0.3, -0.25) is 9.78 Å². The van der Waals surface area contributed by atoms with Crippen LogP contribution in [-0.2, 0) is 16.1 Å². The lowest BCUT2D eigenvalue weighted by atomic mass is 10.3. The van der Waals surface area contributed by atoms with E-state index in [1.807, 2.05) is 0 Å². The highest BCUT2D eigenvalue weighted by Gasteiger charge is 2.09. The molecule has 0 atom stereocenters. The standard InChI is InChI=1S/C16H25NO4/c1-4-6-8-19-15-10-14(12-21-13(3)18)17-11-16(15)20-9-7-5-2/h10-11H,4-9,12H2,1-3H3. The average molecular weight is 295 g/mol. The van der Waals surface area contributed by atoms with Gasteiger partial charge >= 0.3 is 5.97 Å². The van der Waals surface area contributed by atoms with Gasteiger partial charge in [0.15, 0.2) is 11.5 Å². The van der Waals surface area contributed by atoms with Gasteiger partial charge in [0.2, 0.25) is 0 Å². The van der Waals surface area contributed by atoms with E-state index in [9.17, 15) is 4.79 Å². The Morgan fingerprint density at radius 3 is 2.29 bits per heavy atom. The fourth-order valence-corrected chi connectivity index (χ4v) is 1.59. The maximum absolute atomic E-state index is 10.8. The number of esters is 1. The molecule has 0 fully saturated rings. The molecule has 0 spiro atoms. The second-order valence-corrected chi connectivity index (χ2v) is 4.81. The van der Waals surface area contributed by atoms with Crippen LogP contribution in [0.4, 0.5) is 0 Å². The first-order valence-corrected chi connectivity index (χ1v) is 7.55. The molecule has 0 saturated heterocycles. The van der Waals surface area contributed by atoms with Gasteiger partial charge in [-0.05, 0) is 12.8 Å². The number of carbonyl (C=O) groups excluding carboxylic acids is 1. The Labute approximate surface area is 126 Å². The van der Waals surface area contributed by atoms with Crippen LogP contribution in [0.15, 0.2) is 12.3 Å². The van der Waals surface area contributed by atoms with E-state index in [2.05, 4.69) is 18.8 Å². The molecule has 5 heteroatoms. The number of pyridine rings is 1. The predicted molar refractivity (Wildman–Crippen MR) is 80.5 cm³/mol. The molecule has 21 heavy (non-hydrogen) atoms. The summed E-state index contributed by atoms with van der Waals surface area (Å²) in [5.74, 6) is 0.983. The quantitative estimate of drug-likeness (QED) is 0.488. The van der Waals surface area contributed by atoms with Crippen molar-refractivity contribution in [1.29, 1.82) is 0 Å². The van der Waals surface area contributed by atoms with Crippen molar-refractivity contribution in [3.8, 4) is 11.5 Å². The molecule has 0 unspecified atom stereocenters. The first-order chi connectivity index (χ1) is 10.2. The molecule has 0 aliphatic heterocycles. The van der Waals surface area contributed by atoms with Gasteiger partial charge in [-0.25, -0.2) is 0 Å². The summed E-state index contributed by atoms with van der Waals surface area (Å²) in [6.45, 7) is 7.03. The minimum atomic E-state index is -0.325. The number of rotatable bonds is 10. The molecule has 0 N–H and O–H groups in total. The van der Waals surface area contributed by atoms with Crippen molar-refractivity contribution in [1.82, 2.24) is 4.98 Å². The van der Waals surface area contributed by atoms with Gasteiger partial charge in [0.05, 0.1) is 25.1 Å². The van der Waals surface area contributed by atoms with Crippen molar-refractivity contribution in [2.45, 2.75) is 53.1 Å². The molecule has 1 aromatic heterocycles. The minimum Gasteiger partial charge on any atom is -0.490 e. The topological polar surface area (TPSA) is 57.7 Å². The van der Waals surface area contributed by atoms with E-state index in [1.165, 1.54) is 6.92 Å². The number of nitrogens with zero attached hydrogens (tertiary/aromatic N) is 1. The molecule has 5 nitrogen and oxygen atoms in total. The summed E-state index contributed by atoms with van der Waals surface area (Å²) in [5, 5.41) is 0. The molecule has 1 rings (SSSR count). The maximum atomic E-state index is 10.8. The molecule has 1 heterocycles. The summed E-state index contributed by atoms with van der Waals surface area (Å²) in [7, 11) is 0. The van der Waals surface area contributed by atoms with Crippen molar-refractivity contribution in [3.05, 3.63) is 18.0 Å². The maximum Gasteiger partial charge on any atom is 0.303 e. The van der Waals surface area contributed by atoms with Crippen LogP contribution in [0, 0.1) is 0 Å². The number of carbonyl (C=O) groups is 1. The second kappa shape index (κ2) is 10.0. The van der Waals surface area contributed by atoms with E-state index in [0.29, 0.717) is 30.4 Å².